The molecule has 1 aromatic heterocycles. The number of benzene rings is 1. The minimum absolute atomic E-state index is 0.118. The third-order valence-corrected chi connectivity index (χ3v) is 2.50. The fraction of sp³-hybridized carbons (Fsp3) is 0.100. The molecule has 2 aromatic rings. The molecule has 0 radical (unpaired) electrons. The molecule has 1 heterocycles. The summed E-state index contributed by atoms with van der Waals surface area (Å²) in [5.74, 6) is 5.32. The number of aromatic hydroxyl groups is 1. The van der Waals surface area contributed by atoms with Gasteiger partial charge in [-0.25, -0.2) is 0 Å². The summed E-state index contributed by atoms with van der Waals surface area (Å²) in [4.78, 5) is 4.08. The largest absolute Gasteiger partial charge is 0.505 e. The van der Waals surface area contributed by atoms with E-state index in [9.17, 15) is 5.11 Å². The molecule has 0 saturated carbocycles. The molecule has 0 spiro atoms. The van der Waals surface area contributed by atoms with E-state index in [-0.39, 0.29) is 5.75 Å². The zero-order chi connectivity index (χ0) is 10.8. The zero-order valence-corrected chi connectivity index (χ0v) is 8.62. The van der Waals surface area contributed by atoms with Crippen LogP contribution < -0.4 is 11.3 Å². The second-order valence-electron chi connectivity index (χ2n) is 3.15. The average Bonchev–Trinajstić information content (AvgIpc) is 2.26. The zero-order valence-electron chi connectivity index (χ0n) is 7.87. The second kappa shape index (κ2) is 4.02. The van der Waals surface area contributed by atoms with Gasteiger partial charge in [-0.2, -0.15) is 0 Å². The first-order valence-corrected chi connectivity index (χ1v) is 4.80. The van der Waals surface area contributed by atoms with Gasteiger partial charge in [0.2, 0.25) is 0 Å². The highest BCUT2D eigenvalue weighted by Gasteiger charge is 2.10. The van der Waals surface area contributed by atoms with Crippen molar-refractivity contribution in [2.45, 2.75) is 6.54 Å². The summed E-state index contributed by atoms with van der Waals surface area (Å²) in [7, 11) is 0. The molecule has 0 aliphatic carbocycles. The van der Waals surface area contributed by atoms with Crippen LogP contribution in [0.3, 0.4) is 0 Å². The molecule has 15 heavy (non-hydrogen) atoms. The maximum Gasteiger partial charge on any atom is 0.146 e. The van der Waals surface area contributed by atoms with Crippen molar-refractivity contribution in [2.75, 3.05) is 0 Å². The number of nitrogens with two attached hydrogens (primary N) is 1. The lowest BCUT2D eigenvalue weighted by atomic mass is 10.1. The molecular formula is C10H10ClN3O. The van der Waals surface area contributed by atoms with Gasteiger partial charge >= 0.3 is 0 Å². The highest BCUT2D eigenvalue weighted by molar-refractivity contribution is 6.35. The summed E-state index contributed by atoms with van der Waals surface area (Å²) in [5.41, 5.74) is 3.60. The molecule has 5 heteroatoms. The van der Waals surface area contributed by atoms with Crippen LogP contribution in [0.2, 0.25) is 5.02 Å². The van der Waals surface area contributed by atoms with Crippen LogP contribution in [-0.4, -0.2) is 10.1 Å². The third kappa shape index (κ3) is 1.74. The van der Waals surface area contributed by atoms with Crippen LogP contribution in [0.15, 0.2) is 24.4 Å². The first-order valence-electron chi connectivity index (χ1n) is 4.42. The molecule has 0 atom stereocenters. The van der Waals surface area contributed by atoms with Gasteiger partial charge in [0.15, 0.2) is 0 Å². The van der Waals surface area contributed by atoms with E-state index in [4.69, 9.17) is 17.4 Å². The van der Waals surface area contributed by atoms with Crippen molar-refractivity contribution in [2.24, 2.45) is 5.84 Å². The summed E-state index contributed by atoms with van der Waals surface area (Å²) in [5, 5.41) is 11.2. The Morgan fingerprint density at radius 3 is 3.07 bits per heavy atom. The van der Waals surface area contributed by atoms with Gasteiger partial charge in [-0.05, 0) is 18.2 Å². The number of hydrazine groups is 1. The van der Waals surface area contributed by atoms with Crippen LogP contribution in [-0.2, 0) is 6.54 Å². The number of halogens is 1. The van der Waals surface area contributed by atoms with Crippen molar-refractivity contribution in [3.8, 4) is 5.75 Å². The number of phenols is 1. The van der Waals surface area contributed by atoms with Gasteiger partial charge in [-0.3, -0.25) is 16.3 Å². The molecule has 4 N–H and O–H groups in total. The number of nitrogens with zero attached hydrogens (tertiary/aromatic N) is 1. The summed E-state index contributed by atoms with van der Waals surface area (Å²) in [6.45, 7) is 0.345. The van der Waals surface area contributed by atoms with Gasteiger partial charge in [0.25, 0.3) is 0 Å². The Hall–Kier alpha value is -1.36. The van der Waals surface area contributed by atoms with Crippen LogP contribution >= 0.6 is 11.6 Å². The van der Waals surface area contributed by atoms with Gasteiger partial charge < -0.3 is 5.11 Å². The number of phenolic OH excluding ortho intramolecular Hbond substituents is 1. The second-order valence-corrected chi connectivity index (χ2v) is 3.55. The van der Waals surface area contributed by atoms with Crippen molar-refractivity contribution < 1.29 is 5.11 Å². The molecule has 0 aliphatic rings. The minimum Gasteiger partial charge on any atom is -0.505 e. The van der Waals surface area contributed by atoms with Crippen molar-refractivity contribution in [3.05, 3.63) is 35.0 Å². The Kier molecular flexibility index (Phi) is 2.73. The predicted octanol–water partition coefficient (Wildman–Crippen LogP) is 1.56. The number of rotatable bonds is 2. The summed E-state index contributed by atoms with van der Waals surface area (Å²) >= 11 is 6.05. The van der Waals surface area contributed by atoms with E-state index in [0.717, 1.165) is 5.39 Å². The Labute approximate surface area is 91.7 Å². The van der Waals surface area contributed by atoms with Crippen LogP contribution in [0, 0.1) is 0 Å². The fourth-order valence-electron chi connectivity index (χ4n) is 1.48. The smallest absolute Gasteiger partial charge is 0.146 e. The Morgan fingerprint density at radius 2 is 2.33 bits per heavy atom. The van der Waals surface area contributed by atoms with Gasteiger partial charge in [0.1, 0.15) is 11.3 Å². The Morgan fingerprint density at radius 1 is 1.53 bits per heavy atom. The number of pyridine rings is 1. The van der Waals surface area contributed by atoms with E-state index in [1.165, 1.54) is 0 Å². The van der Waals surface area contributed by atoms with E-state index in [1.807, 2.05) is 6.07 Å². The van der Waals surface area contributed by atoms with Crippen LogP contribution in [0.5, 0.6) is 5.75 Å². The molecule has 0 aliphatic heterocycles. The molecule has 0 fully saturated rings. The molecule has 1 aromatic carbocycles. The number of fused-ring (bicyclic) bond motifs is 1. The van der Waals surface area contributed by atoms with Crippen LogP contribution in [0.25, 0.3) is 10.9 Å². The maximum atomic E-state index is 9.89. The number of aromatic nitrogens is 1. The SMILES string of the molecule is NNCc1cc(Cl)c2cccnc2c1O. The number of hydrogen-bond acceptors (Lipinski definition) is 4. The molecule has 2 rings (SSSR count). The lowest BCUT2D eigenvalue weighted by Crippen LogP contribution is -2.20. The standard InChI is InChI=1S/C10H10ClN3O/c11-8-4-6(5-14-12)10(15)9-7(8)2-1-3-13-9/h1-4,14-15H,5,12H2. The summed E-state index contributed by atoms with van der Waals surface area (Å²) < 4.78 is 0. The fourth-order valence-corrected chi connectivity index (χ4v) is 1.77. The highest BCUT2D eigenvalue weighted by atomic mass is 35.5. The quantitative estimate of drug-likeness (QED) is 0.534. The van der Waals surface area contributed by atoms with E-state index in [0.29, 0.717) is 22.6 Å². The molecule has 78 valence electrons. The summed E-state index contributed by atoms with van der Waals surface area (Å²) in [6, 6.07) is 5.26. The van der Waals surface area contributed by atoms with Crippen molar-refractivity contribution >= 4 is 22.5 Å². The van der Waals surface area contributed by atoms with Crippen molar-refractivity contribution in [3.63, 3.8) is 0 Å². The highest BCUT2D eigenvalue weighted by Crippen LogP contribution is 2.32. The average molecular weight is 224 g/mol. The predicted molar refractivity (Wildman–Crippen MR) is 59.4 cm³/mol. The van der Waals surface area contributed by atoms with E-state index in [1.54, 1.807) is 18.3 Å². The molecule has 0 saturated heterocycles. The lowest BCUT2D eigenvalue weighted by molar-refractivity contribution is 0.470. The molecule has 0 unspecified atom stereocenters. The van der Waals surface area contributed by atoms with E-state index < -0.39 is 0 Å². The maximum absolute atomic E-state index is 9.89. The van der Waals surface area contributed by atoms with Gasteiger partial charge in [-0.15, -0.1) is 0 Å². The monoisotopic (exact) mass is 223 g/mol. The molecule has 4 nitrogen and oxygen atoms in total. The number of hydrogen-bond donors (Lipinski definition) is 3. The number of nitrogens with one attached hydrogen (secondary N) is 1. The first-order chi connectivity index (χ1) is 7.24. The topological polar surface area (TPSA) is 71.2 Å². The van der Waals surface area contributed by atoms with Crippen LogP contribution in [0.1, 0.15) is 5.56 Å². The Bertz CT molecular complexity index is 501. The summed E-state index contributed by atoms with van der Waals surface area (Å²) in [6.07, 6.45) is 1.61. The van der Waals surface area contributed by atoms with E-state index in [2.05, 4.69) is 10.4 Å². The van der Waals surface area contributed by atoms with Gasteiger partial charge in [0.05, 0.1) is 5.02 Å². The first kappa shape index (κ1) is 10.2. The van der Waals surface area contributed by atoms with Crippen molar-refractivity contribution in [1.29, 1.82) is 0 Å². The lowest BCUT2D eigenvalue weighted by Gasteiger charge is -2.08. The third-order valence-electron chi connectivity index (χ3n) is 2.19. The molecular weight excluding hydrogens is 214 g/mol. The van der Waals surface area contributed by atoms with Crippen LogP contribution in [0.4, 0.5) is 0 Å². The van der Waals surface area contributed by atoms with E-state index >= 15 is 0 Å². The molecule has 0 amide bonds. The van der Waals surface area contributed by atoms with Gasteiger partial charge in [0, 0.05) is 23.7 Å². The molecule has 0 bridgehead atoms. The Balaban J connectivity index is 2.72. The normalized spacial score (nSPS) is 10.8. The minimum atomic E-state index is 0.118. The van der Waals surface area contributed by atoms with Gasteiger partial charge in [-0.1, -0.05) is 11.6 Å². The van der Waals surface area contributed by atoms with Crippen molar-refractivity contribution in [1.82, 2.24) is 10.4 Å².